The Bertz CT molecular complexity index is 863. The fourth-order valence-corrected chi connectivity index (χ4v) is 3.54. The maximum atomic E-state index is 12.5. The number of nitrogens with zero attached hydrogens (tertiary/aromatic N) is 2. The van der Waals surface area contributed by atoms with Crippen molar-refractivity contribution < 1.29 is 19.0 Å². The van der Waals surface area contributed by atoms with E-state index in [1.807, 2.05) is 35.2 Å². The quantitative estimate of drug-likeness (QED) is 0.880. The van der Waals surface area contributed by atoms with E-state index in [-0.39, 0.29) is 12.8 Å². The summed E-state index contributed by atoms with van der Waals surface area (Å²) in [6, 6.07) is 11.8. The molecule has 2 aliphatic rings. The zero-order valence-electron chi connectivity index (χ0n) is 16.2. The first-order valence-corrected chi connectivity index (χ1v) is 9.45. The number of hydrogen-bond donors (Lipinski definition) is 1. The van der Waals surface area contributed by atoms with Gasteiger partial charge < -0.3 is 29.3 Å². The summed E-state index contributed by atoms with van der Waals surface area (Å²) in [5.74, 6) is 2.34. The van der Waals surface area contributed by atoms with Gasteiger partial charge in [-0.2, -0.15) is 0 Å². The highest BCUT2D eigenvalue weighted by molar-refractivity contribution is 5.74. The highest BCUT2D eigenvalue weighted by Crippen LogP contribution is 2.32. The minimum Gasteiger partial charge on any atom is -0.495 e. The van der Waals surface area contributed by atoms with Crippen LogP contribution in [0.4, 0.5) is 10.5 Å². The molecule has 1 saturated heterocycles. The second kappa shape index (κ2) is 7.88. The molecule has 2 aromatic rings. The molecule has 4 rings (SSSR count). The summed E-state index contributed by atoms with van der Waals surface area (Å²) in [6.45, 7) is 5.67. The van der Waals surface area contributed by atoms with Crippen LogP contribution in [0.15, 0.2) is 36.4 Å². The van der Waals surface area contributed by atoms with Crippen LogP contribution < -0.4 is 24.4 Å². The predicted molar refractivity (Wildman–Crippen MR) is 106 cm³/mol. The number of benzene rings is 2. The number of fused-ring (bicyclic) bond motifs is 1. The zero-order valence-corrected chi connectivity index (χ0v) is 16.2. The number of aryl methyl sites for hydroxylation is 1. The molecule has 0 spiro atoms. The molecule has 2 heterocycles. The van der Waals surface area contributed by atoms with Crippen LogP contribution in [0.3, 0.4) is 0 Å². The van der Waals surface area contributed by atoms with E-state index in [4.69, 9.17) is 14.2 Å². The summed E-state index contributed by atoms with van der Waals surface area (Å²) in [4.78, 5) is 16.7. The van der Waals surface area contributed by atoms with E-state index >= 15 is 0 Å². The number of anilines is 1. The third-order valence-corrected chi connectivity index (χ3v) is 5.12. The van der Waals surface area contributed by atoms with Crippen molar-refractivity contribution >= 4 is 11.7 Å². The summed E-state index contributed by atoms with van der Waals surface area (Å²) in [5.41, 5.74) is 3.27. The lowest BCUT2D eigenvalue weighted by Gasteiger charge is -2.36. The topological polar surface area (TPSA) is 63.3 Å². The van der Waals surface area contributed by atoms with Crippen molar-refractivity contribution in [3.8, 4) is 17.2 Å². The number of rotatable bonds is 4. The molecule has 0 aliphatic carbocycles. The molecule has 0 unspecified atom stereocenters. The highest BCUT2D eigenvalue weighted by atomic mass is 16.7. The average molecular weight is 383 g/mol. The second-order valence-corrected chi connectivity index (χ2v) is 7.00. The summed E-state index contributed by atoms with van der Waals surface area (Å²) < 4.78 is 16.2. The van der Waals surface area contributed by atoms with Gasteiger partial charge in [0.2, 0.25) is 6.79 Å². The van der Waals surface area contributed by atoms with Gasteiger partial charge in [-0.25, -0.2) is 4.79 Å². The van der Waals surface area contributed by atoms with Crippen LogP contribution in [0, 0.1) is 6.92 Å². The van der Waals surface area contributed by atoms with Gasteiger partial charge in [0.15, 0.2) is 11.5 Å². The van der Waals surface area contributed by atoms with E-state index in [1.165, 1.54) is 5.56 Å². The Hall–Kier alpha value is -3.09. The molecule has 7 nitrogen and oxygen atoms in total. The molecule has 0 radical (unpaired) electrons. The van der Waals surface area contributed by atoms with Gasteiger partial charge >= 0.3 is 6.03 Å². The molecule has 148 valence electrons. The summed E-state index contributed by atoms with van der Waals surface area (Å²) in [6.07, 6.45) is 0. The number of piperazine rings is 1. The van der Waals surface area contributed by atoms with Gasteiger partial charge in [-0.15, -0.1) is 0 Å². The minimum absolute atomic E-state index is 0.0477. The lowest BCUT2D eigenvalue weighted by Crippen LogP contribution is -2.51. The largest absolute Gasteiger partial charge is 0.495 e. The van der Waals surface area contributed by atoms with Crippen LogP contribution in [0.5, 0.6) is 17.2 Å². The normalized spacial score (nSPS) is 15.5. The Kier molecular flexibility index (Phi) is 5.14. The van der Waals surface area contributed by atoms with Crippen LogP contribution in [0.25, 0.3) is 0 Å². The molecule has 1 fully saturated rings. The number of urea groups is 1. The van der Waals surface area contributed by atoms with E-state index < -0.39 is 0 Å². The van der Waals surface area contributed by atoms with Crippen LogP contribution >= 0.6 is 0 Å². The molecule has 28 heavy (non-hydrogen) atoms. The van der Waals surface area contributed by atoms with Crippen molar-refractivity contribution in [3.05, 3.63) is 47.5 Å². The van der Waals surface area contributed by atoms with Gasteiger partial charge in [-0.3, -0.25) is 0 Å². The Balaban J connectivity index is 1.31. The van der Waals surface area contributed by atoms with Crippen LogP contribution in [-0.2, 0) is 6.54 Å². The molecule has 2 aliphatic heterocycles. The van der Waals surface area contributed by atoms with Crippen molar-refractivity contribution in [2.24, 2.45) is 0 Å². The van der Waals surface area contributed by atoms with Gasteiger partial charge in [0, 0.05) is 32.7 Å². The fourth-order valence-electron chi connectivity index (χ4n) is 3.54. The monoisotopic (exact) mass is 383 g/mol. The summed E-state index contributed by atoms with van der Waals surface area (Å²) in [7, 11) is 1.69. The third-order valence-electron chi connectivity index (χ3n) is 5.12. The summed E-state index contributed by atoms with van der Waals surface area (Å²) >= 11 is 0. The number of nitrogens with one attached hydrogen (secondary N) is 1. The van der Waals surface area contributed by atoms with Gasteiger partial charge in [0.25, 0.3) is 0 Å². The number of carbonyl (C=O) groups excluding carboxylic acids is 1. The number of ether oxygens (including phenoxy) is 3. The fraction of sp³-hybridized carbons (Fsp3) is 0.381. The Labute approximate surface area is 164 Å². The van der Waals surface area contributed by atoms with Crippen LogP contribution in [0.1, 0.15) is 11.1 Å². The molecular weight excluding hydrogens is 358 g/mol. The van der Waals surface area contributed by atoms with Gasteiger partial charge in [-0.05, 0) is 42.3 Å². The Morgan fingerprint density at radius 2 is 1.86 bits per heavy atom. The molecular formula is C21H25N3O4. The molecule has 0 saturated carbocycles. The van der Waals surface area contributed by atoms with E-state index in [2.05, 4.69) is 23.2 Å². The van der Waals surface area contributed by atoms with E-state index in [9.17, 15) is 4.79 Å². The van der Waals surface area contributed by atoms with Crippen LogP contribution in [-0.4, -0.2) is 51.0 Å². The second-order valence-electron chi connectivity index (χ2n) is 7.00. The first kappa shape index (κ1) is 18.3. The summed E-state index contributed by atoms with van der Waals surface area (Å²) in [5, 5.41) is 2.99. The van der Waals surface area contributed by atoms with Gasteiger partial charge in [0.05, 0.1) is 12.8 Å². The van der Waals surface area contributed by atoms with Gasteiger partial charge in [0.1, 0.15) is 5.75 Å². The molecule has 0 bridgehead atoms. The van der Waals surface area contributed by atoms with Crippen LogP contribution in [0.2, 0.25) is 0 Å². The number of amides is 2. The number of carbonyl (C=O) groups is 1. The predicted octanol–water partition coefficient (Wildman–Crippen LogP) is 2.76. The van der Waals surface area contributed by atoms with Crippen molar-refractivity contribution in [2.45, 2.75) is 13.5 Å². The maximum Gasteiger partial charge on any atom is 0.317 e. The number of methoxy groups -OCH3 is 1. The minimum atomic E-state index is -0.0477. The van der Waals surface area contributed by atoms with E-state index in [0.717, 1.165) is 41.6 Å². The standard InChI is InChI=1S/C21H25N3O4/c1-15-3-5-18(26-2)17(11-15)23-7-9-24(10-8-23)21(25)22-13-16-4-6-19-20(12-16)28-14-27-19/h3-6,11-12H,7-10,13-14H2,1-2H3,(H,22,25). The molecule has 0 atom stereocenters. The zero-order chi connectivity index (χ0) is 19.5. The van der Waals surface area contributed by atoms with E-state index in [1.54, 1.807) is 7.11 Å². The molecule has 2 aromatic carbocycles. The SMILES string of the molecule is COc1ccc(C)cc1N1CCN(C(=O)NCc2ccc3c(c2)OCO3)CC1. The lowest BCUT2D eigenvalue weighted by molar-refractivity contribution is 0.174. The van der Waals surface area contributed by atoms with Crippen molar-refractivity contribution in [1.82, 2.24) is 10.2 Å². The number of hydrogen-bond acceptors (Lipinski definition) is 5. The smallest absolute Gasteiger partial charge is 0.317 e. The first-order chi connectivity index (χ1) is 13.6. The molecule has 7 heteroatoms. The van der Waals surface area contributed by atoms with E-state index in [0.29, 0.717) is 19.6 Å². The molecule has 2 amide bonds. The molecule has 1 N–H and O–H groups in total. The first-order valence-electron chi connectivity index (χ1n) is 9.45. The van der Waals surface area contributed by atoms with Crippen molar-refractivity contribution in [2.75, 3.05) is 45.0 Å². The Morgan fingerprint density at radius 1 is 1.07 bits per heavy atom. The Morgan fingerprint density at radius 3 is 2.64 bits per heavy atom. The lowest BCUT2D eigenvalue weighted by atomic mass is 10.1. The third kappa shape index (κ3) is 3.78. The van der Waals surface area contributed by atoms with Gasteiger partial charge in [-0.1, -0.05) is 12.1 Å². The van der Waals surface area contributed by atoms with Crippen molar-refractivity contribution in [3.63, 3.8) is 0 Å². The highest BCUT2D eigenvalue weighted by Gasteiger charge is 2.23. The maximum absolute atomic E-state index is 12.5. The average Bonchev–Trinajstić information content (AvgIpc) is 3.20. The molecule has 0 aromatic heterocycles. The van der Waals surface area contributed by atoms with Crippen molar-refractivity contribution in [1.29, 1.82) is 0 Å².